The van der Waals surface area contributed by atoms with Crippen LogP contribution in [0.2, 0.25) is 5.28 Å². The number of nitrogens with one attached hydrogen (secondary N) is 1. The predicted octanol–water partition coefficient (Wildman–Crippen LogP) is 4.27. The van der Waals surface area contributed by atoms with Gasteiger partial charge in [0, 0.05) is 12.7 Å². The molecule has 6 nitrogen and oxygen atoms in total. The molecule has 0 saturated carbocycles. The fourth-order valence-corrected chi connectivity index (χ4v) is 4.57. The summed E-state index contributed by atoms with van der Waals surface area (Å²) in [4.78, 5) is 17.4. The lowest BCUT2D eigenvalue weighted by molar-refractivity contribution is 0.654. The van der Waals surface area contributed by atoms with Gasteiger partial charge in [-0.3, -0.25) is 0 Å². The highest BCUT2D eigenvalue weighted by Gasteiger charge is 2.22. The first-order chi connectivity index (χ1) is 11.7. The van der Waals surface area contributed by atoms with Crippen molar-refractivity contribution in [2.75, 3.05) is 11.1 Å². The van der Waals surface area contributed by atoms with Gasteiger partial charge in [0.2, 0.25) is 5.28 Å². The van der Waals surface area contributed by atoms with Crippen molar-refractivity contribution in [3.05, 3.63) is 40.1 Å². The average Bonchev–Trinajstić information content (AvgIpc) is 3.21. The van der Waals surface area contributed by atoms with Crippen LogP contribution in [0.15, 0.2) is 29.3 Å². The molecule has 0 unspecified atom stereocenters. The highest BCUT2D eigenvalue weighted by molar-refractivity contribution is 9.10. The van der Waals surface area contributed by atoms with Gasteiger partial charge in [-0.2, -0.15) is 9.97 Å². The van der Waals surface area contributed by atoms with Gasteiger partial charge in [-0.1, -0.05) is 0 Å². The molecule has 1 N–H and O–H groups in total. The third-order valence-corrected chi connectivity index (χ3v) is 5.84. The number of aromatic nitrogens is 5. The number of hydrogen-bond acceptors (Lipinski definition) is 6. The molecule has 0 bridgehead atoms. The largest absolute Gasteiger partial charge is 0.364 e. The van der Waals surface area contributed by atoms with Crippen LogP contribution in [0, 0.1) is 0 Å². The summed E-state index contributed by atoms with van der Waals surface area (Å²) in [5, 5.41) is 3.92. The van der Waals surface area contributed by atoms with Crippen LogP contribution >= 0.6 is 39.3 Å². The smallest absolute Gasteiger partial charge is 0.226 e. The van der Waals surface area contributed by atoms with E-state index < -0.39 is 0 Å². The lowest BCUT2D eigenvalue weighted by atomic mass is 10.3. The monoisotopic (exact) mass is 424 g/mol. The van der Waals surface area contributed by atoms with E-state index in [0.29, 0.717) is 17.7 Å². The Morgan fingerprint density at radius 3 is 3.08 bits per heavy atom. The first-order valence-corrected chi connectivity index (χ1v) is 9.78. The number of nitrogens with zero attached hydrogens (tertiary/aromatic N) is 5. The van der Waals surface area contributed by atoms with Crippen LogP contribution in [0.25, 0.3) is 11.2 Å². The van der Waals surface area contributed by atoms with E-state index in [1.54, 1.807) is 6.20 Å². The number of hydrogen-bond donors (Lipinski definition) is 1. The van der Waals surface area contributed by atoms with Crippen molar-refractivity contribution in [3.63, 3.8) is 0 Å². The van der Waals surface area contributed by atoms with Crippen LogP contribution < -0.4 is 5.32 Å². The number of pyridine rings is 1. The number of fused-ring (bicyclic) bond motifs is 1. The maximum absolute atomic E-state index is 6.14. The van der Waals surface area contributed by atoms with E-state index in [2.05, 4.69) is 45.7 Å². The van der Waals surface area contributed by atoms with Crippen molar-refractivity contribution >= 4 is 56.3 Å². The molecule has 0 aliphatic carbocycles. The third-order valence-electron chi connectivity index (χ3n) is 3.86. The Labute approximate surface area is 156 Å². The fraction of sp³-hybridized carbons (Fsp3) is 0.333. The summed E-state index contributed by atoms with van der Waals surface area (Å²) in [5.74, 6) is 1.82. The topological polar surface area (TPSA) is 68.5 Å². The lowest BCUT2D eigenvalue weighted by Crippen LogP contribution is -2.05. The number of thioether (sulfide) groups is 1. The van der Waals surface area contributed by atoms with E-state index in [1.165, 1.54) is 12.2 Å². The first-order valence-electron chi connectivity index (χ1n) is 7.57. The zero-order valence-electron chi connectivity index (χ0n) is 12.6. The van der Waals surface area contributed by atoms with Gasteiger partial charge >= 0.3 is 0 Å². The molecule has 9 heteroatoms. The zero-order chi connectivity index (χ0) is 16.5. The minimum Gasteiger partial charge on any atom is -0.364 e. The minimum absolute atomic E-state index is 0.227. The van der Waals surface area contributed by atoms with Crippen molar-refractivity contribution in [3.8, 4) is 0 Å². The standard InChI is InChI=1S/C15H14BrClN6S/c16-10-6-9(3-4-18-10)7-19-13-12-14(22-15(17)21-13)23(8-20-12)11-2-1-5-24-11/h3-4,6,8,11H,1-2,5,7H2,(H,19,21,22)/t11-/m1/s1. The molecule has 4 rings (SSSR count). The summed E-state index contributed by atoms with van der Waals surface area (Å²) in [7, 11) is 0. The van der Waals surface area contributed by atoms with Crippen molar-refractivity contribution < 1.29 is 0 Å². The molecule has 124 valence electrons. The number of imidazole rings is 1. The summed E-state index contributed by atoms with van der Waals surface area (Å²) in [5.41, 5.74) is 2.62. The lowest BCUT2D eigenvalue weighted by Gasteiger charge is -2.11. The molecule has 1 atom stereocenters. The molecule has 0 aromatic carbocycles. The summed E-state index contributed by atoms with van der Waals surface area (Å²) in [6.07, 6.45) is 5.95. The molecule has 1 aliphatic heterocycles. The highest BCUT2D eigenvalue weighted by Crippen LogP contribution is 2.37. The highest BCUT2D eigenvalue weighted by atomic mass is 79.9. The molecule has 1 saturated heterocycles. The zero-order valence-corrected chi connectivity index (χ0v) is 15.8. The van der Waals surface area contributed by atoms with Gasteiger partial charge in [0.15, 0.2) is 17.0 Å². The third kappa shape index (κ3) is 3.22. The van der Waals surface area contributed by atoms with Gasteiger partial charge in [-0.25, -0.2) is 9.97 Å². The van der Waals surface area contributed by atoms with Crippen molar-refractivity contribution in [2.24, 2.45) is 0 Å². The van der Waals surface area contributed by atoms with Crippen molar-refractivity contribution in [2.45, 2.75) is 24.8 Å². The Balaban J connectivity index is 1.65. The molecular weight excluding hydrogens is 412 g/mol. The number of halogens is 2. The van der Waals surface area contributed by atoms with Crippen LogP contribution in [-0.4, -0.2) is 30.3 Å². The molecule has 1 fully saturated rings. The normalized spacial score (nSPS) is 17.5. The molecule has 24 heavy (non-hydrogen) atoms. The SMILES string of the molecule is Clc1nc(NCc2ccnc(Br)c2)c2ncn([C@H]3CCCS3)c2n1. The quantitative estimate of drug-likeness (QED) is 0.497. The number of anilines is 1. The second-order valence-corrected chi connectivity index (χ2v) is 7.91. The van der Waals surface area contributed by atoms with Crippen molar-refractivity contribution in [1.82, 2.24) is 24.5 Å². The van der Waals surface area contributed by atoms with Crippen LogP contribution in [0.4, 0.5) is 5.82 Å². The van der Waals surface area contributed by atoms with Gasteiger partial charge in [0.25, 0.3) is 0 Å². The van der Waals surface area contributed by atoms with E-state index in [4.69, 9.17) is 11.6 Å². The second kappa shape index (κ2) is 6.85. The van der Waals surface area contributed by atoms with Crippen LogP contribution in [0.3, 0.4) is 0 Å². The van der Waals surface area contributed by atoms with Gasteiger partial charge in [0.05, 0.1) is 11.7 Å². The van der Waals surface area contributed by atoms with Crippen LogP contribution in [0.5, 0.6) is 0 Å². The Morgan fingerprint density at radius 2 is 2.29 bits per heavy atom. The first kappa shape index (κ1) is 16.1. The fourth-order valence-electron chi connectivity index (χ4n) is 2.74. The molecule has 0 radical (unpaired) electrons. The Bertz CT molecular complexity index is 880. The van der Waals surface area contributed by atoms with Crippen molar-refractivity contribution in [1.29, 1.82) is 0 Å². The molecule has 4 heterocycles. The Kier molecular flexibility index (Phi) is 4.60. The number of rotatable bonds is 4. The van der Waals surface area contributed by atoms with E-state index in [1.807, 2.05) is 30.2 Å². The summed E-state index contributed by atoms with van der Waals surface area (Å²) in [6.45, 7) is 0.606. The predicted molar refractivity (Wildman–Crippen MR) is 100 cm³/mol. The summed E-state index contributed by atoms with van der Waals surface area (Å²) < 4.78 is 2.91. The van der Waals surface area contributed by atoms with Gasteiger partial charge < -0.3 is 9.88 Å². The Hall–Kier alpha value is -1.38. The van der Waals surface area contributed by atoms with E-state index in [-0.39, 0.29) is 5.28 Å². The van der Waals surface area contributed by atoms with Crippen LogP contribution in [-0.2, 0) is 6.54 Å². The van der Waals surface area contributed by atoms with E-state index in [9.17, 15) is 0 Å². The average molecular weight is 426 g/mol. The molecular formula is C15H14BrClN6S. The molecule has 0 spiro atoms. The van der Waals surface area contributed by atoms with E-state index >= 15 is 0 Å². The maximum Gasteiger partial charge on any atom is 0.226 e. The molecule has 0 amide bonds. The molecule has 1 aliphatic rings. The Morgan fingerprint density at radius 1 is 1.38 bits per heavy atom. The minimum atomic E-state index is 0.227. The summed E-state index contributed by atoms with van der Waals surface area (Å²) >= 11 is 11.4. The summed E-state index contributed by atoms with van der Waals surface area (Å²) in [6, 6.07) is 3.91. The second-order valence-electron chi connectivity index (χ2n) is 5.47. The van der Waals surface area contributed by atoms with Crippen LogP contribution in [0.1, 0.15) is 23.8 Å². The van der Waals surface area contributed by atoms with Gasteiger partial charge in [-0.05, 0) is 63.8 Å². The van der Waals surface area contributed by atoms with Gasteiger partial charge in [-0.15, -0.1) is 11.8 Å². The van der Waals surface area contributed by atoms with E-state index in [0.717, 1.165) is 27.8 Å². The van der Waals surface area contributed by atoms with Gasteiger partial charge in [0.1, 0.15) is 4.60 Å². The molecule has 3 aromatic rings. The molecule has 3 aromatic heterocycles. The maximum atomic E-state index is 6.14.